The minimum atomic E-state index is -0.212. The molecule has 0 aliphatic heterocycles. The van der Waals surface area contributed by atoms with Gasteiger partial charge in [-0.05, 0) is 37.4 Å². The lowest BCUT2D eigenvalue weighted by Gasteiger charge is -2.12. The van der Waals surface area contributed by atoms with Crippen molar-refractivity contribution in [2.24, 2.45) is 0 Å². The van der Waals surface area contributed by atoms with E-state index in [4.69, 9.17) is 0 Å². The van der Waals surface area contributed by atoms with Crippen molar-refractivity contribution >= 4 is 28.8 Å². The third kappa shape index (κ3) is 3.45. The second-order valence-corrected chi connectivity index (χ2v) is 5.42. The van der Waals surface area contributed by atoms with E-state index in [1.165, 1.54) is 11.3 Å². The van der Waals surface area contributed by atoms with Crippen molar-refractivity contribution in [1.29, 1.82) is 0 Å². The number of thiophene rings is 1. The van der Waals surface area contributed by atoms with E-state index >= 15 is 0 Å². The SMILES string of the molecule is CC(C)NC(=O)c1ccccc1NC(=O)c1ccsc1. The quantitative estimate of drug-likeness (QED) is 0.908. The number of hydrogen-bond acceptors (Lipinski definition) is 3. The fourth-order valence-electron chi connectivity index (χ4n) is 1.72. The molecule has 5 heteroatoms. The summed E-state index contributed by atoms with van der Waals surface area (Å²) in [6, 6.07) is 8.77. The average molecular weight is 288 g/mol. The summed E-state index contributed by atoms with van der Waals surface area (Å²) in [5, 5.41) is 9.20. The van der Waals surface area contributed by atoms with Crippen molar-refractivity contribution in [3.63, 3.8) is 0 Å². The van der Waals surface area contributed by atoms with E-state index < -0.39 is 0 Å². The van der Waals surface area contributed by atoms with Crippen molar-refractivity contribution < 1.29 is 9.59 Å². The Balaban J connectivity index is 2.20. The summed E-state index contributed by atoms with van der Waals surface area (Å²) in [5.41, 5.74) is 1.57. The van der Waals surface area contributed by atoms with Gasteiger partial charge in [0.15, 0.2) is 0 Å². The van der Waals surface area contributed by atoms with Gasteiger partial charge in [-0.2, -0.15) is 11.3 Å². The van der Waals surface area contributed by atoms with Crippen LogP contribution in [-0.4, -0.2) is 17.9 Å². The normalized spacial score (nSPS) is 10.3. The zero-order valence-electron chi connectivity index (χ0n) is 11.3. The van der Waals surface area contributed by atoms with Crippen LogP contribution in [0.4, 0.5) is 5.69 Å². The molecule has 0 aliphatic carbocycles. The van der Waals surface area contributed by atoms with Gasteiger partial charge in [-0.3, -0.25) is 9.59 Å². The first kappa shape index (κ1) is 14.3. The van der Waals surface area contributed by atoms with Crippen LogP contribution in [0, 0.1) is 0 Å². The van der Waals surface area contributed by atoms with E-state index in [0.717, 1.165) is 0 Å². The van der Waals surface area contributed by atoms with Crippen molar-refractivity contribution in [3.8, 4) is 0 Å². The molecule has 0 saturated carbocycles. The van der Waals surface area contributed by atoms with Crippen molar-refractivity contribution in [3.05, 3.63) is 52.2 Å². The highest BCUT2D eigenvalue weighted by Crippen LogP contribution is 2.17. The number of rotatable bonds is 4. The number of nitrogens with one attached hydrogen (secondary N) is 2. The van der Waals surface area contributed by atoms with Gasteiger partial charge < -0.3 is 10.6 Å². The predicted molar refractivity (Wildman–Crippen MR) is 81.3 cm³/mol. The molecule has 20 heavy (non-hydrogen) atoms. The first-order chi connectivity index (χ1) is 9.58. The molecule has 4 nitrogen and oxygen atoms in total. The van der Waals surface area contributed by atoms with Gasteiger partial charge in [0.25, 0.3) is 11.8 Å². The molecular formula is C15H16N2O2S. The molecule has 0 atom stereocenters. The maximum Gasteiger partial charge on any atom is 0.256 e. The monoisotopic (exact) mass is 288 g/mol. The van der Waals surface area contributed by atoms with Crippen LogP contribution in [0.1, 0.15) is 34.6 Å². The molecule has 104 valence electrons. The zero-order valence-corrected chi connectivity index (χ0v) is 12.2. The van der Waals surface area contributed by atoms with Gasteiger partial charge in [0.1, 0.15) is 0 Å². The lowest BCUT2D eigenvalue weighted by atomic mass is 10.1. The maximum atomic E-state index is 12.1. The fourth-order valence-corrected chi connectivity index (χ4v) is 2.35. The minimum Gasteiger partial charge on any atom is -0.350 e. The van der Waals surface area contributed by atoms with E-state index in [-0.39, 0.29) is 17.9 Å². The van der Waals surface area contributed by atoms with Crippen LogP contribution in [0.3, 0.4) is 0 Å². The summed E-state index contributed by atoms with van der Waals surface area (Å²) >= 11 is 1.46. The number of benzene rings is 1. The molecule has 0 aliphatic rings. The fraction of sp³-hybridized carbons (Fsp3) is 0.200. The third-order valence-electron chi connectivity index (χ3n) is 2.62. The van der Waals surface area contributed by atoms with Crippen LogP contribution < -0.4 is 10.6 Å². The lowest BCUT2D eigenvalue weighted by molar-refractivity contribution is 0.0944. The molecule has 1 aromatic heterocycles. The standard InChI is InChI=1S/C15H16N2O2S/c1-10(2)16-15(19)12-5-3-4-6-13(12)17-14(18)11-7-8-20-9-11/h3-10H,1-2H3,(H,16,19)(H,17,18). The topological polar surface area (TPSA) is 58.2 Å². The van der Waals surface area contributed by atoms with Gasteiger partial charge in [0, 0.05) is 11.4 Å². The van der Waals surface area contributed by atoms with E-state index in [0.29, 0.717) is 16.8 Å². The Morgan fingerprint density at radius 1 is 1.10 bits per heavy atom. The van der Waals surface area contributed by atoms with E-state index in [2.05, 4.69) is 10.6 Å². The smallest absolute Gasteiger partial charge is 0.256 e. The van der Waals surface area contributed by atoms with Crippen LogP contribution in [0.15, 0.2) is 41.1 Å². The molecule has 0 unspecified atom stereocenters. The number of para-hydroxylation sites is 1. The van der Waals surface area contributed by atoms with Crippen LogP contribution in [0.25, 0.3) is 0 Å². The summed E-state index contributed by atoms with van der Waals surface area (Å²) in [6.45, 7) is 3.79. The number of amides is 2. The first-order valence-electron chi connectivity index (χ1n) is 6.31. The molecule has 0 spiro atoms. The van der Waals surface area contributed by atoms with E-state index in [1.807, 2.05) is 19.2 Å². The first-order valence-corrected chi connectivity index (χ1v) is 7.25. The van der Waals surface area contributed by atoms with Gasteiger partial charge in [0.2, 0.25) is 0 Å². The van der Waals surface area contributed by atoms with E-state index in [9.17, 15) is 9.59 Å². The van der Waals surface area contributed by atoms with Gasteiger partial charge >= 0.3 is 0 Å². The highest BCUT2D eigenvalue weighted by Gasteiger charge is 2.14. The predicted octanol–water partition coefficient (Wildman–Crippen LogP) is 3.14. The highest BCUT2D eigenvalue weighted by atomic mass is 32.1. The molecule has 0 fully saturated rings. The van der Waals surface area contributed by atoms with Crippen molar-refractivity contribution in [2.75, 3.05) is 5.32 Å². The van der Waals surface area contributed by atoms with E-state index in [1.54, 1.807) is 35.7 Å². The summed E-state index contributed by atoms with van der Waals surface area (Å²) in [7, 11) is 0. The minimum absolute atomic E-state index is 0.0446. The number of carbonyl (C=O) groups excluding carboxylic acids is 2. The Hall–Kier alpha value is -2.14. The maximum absolute atomic E-state index is 12.1. The van der Waals surface area contributed by atoms with Crippen LogP contribution in [0.2, 0.25) is 0 Å². The van der Waals surface area contributed by atoms with Crippen molar-refractivity contribution in [1.82, 2.24) is 5.32 Å². The molecule has 0 radical (unpaired) electrons. The Kier molecular flexibility index (Phi) is 4.53. The molecule has 2 amide bonds. The third-order valence-corrected chi connectivity index (χ3v) is 3.31. The van der Waals surface area contributed by atoms with Gasteiger partial charge in [-0.15, -0.1) is 0 Å². The Bertz CT molecular complexity index is 606. The molecule has 1 aromatic carbocycles. The Labute approximate surface area is 121 Å². The largest absolute Gasteiger partial charge is 0.350 e. The average Bonchev–Trinajstić information content (AvgIpc) is 2.92. The van der Waals surface area contributed by atoms with Crippen LogP contribution in [0.5, 0.6) is 0 Å². The zero-order chi connectivity index (χ0) is 14.5. The number of hydrogen-bond donors (Lipinski definition) is 2. The highest BCUT2D eigenvalue weighted by molar-refractivity contribution is 7.08. The second-order valence-electron chi connectivity index (χ2n) is 4.64. The summed E-state index contributed by atoms with van der Waals surface area (Å²) in [5.74, 6) is -0.405. The lowest BCUT2D eigenvalue weighted by Crippen LogP contribution is -2.31. The van der Waals surface area contributed by atoms with Gasteiger partial charge in [-0.1, -0.05) is 12.1 Å². The van der Waals surface area contributed by atoms with Crippen LogP contribution >= 0.6 is 11.3 Å². The summed E-state index contributed by atoms with van der Waals surface area (Å²) < 4.78 is 0. The van der Waals surface area contributed by atoms with Gasteiger partial charge in [-0.25, -0.2) is 0 Å². The summed E-state index contributed by atoms with van der Waals surface area (Å²) in [4.78, 5) is 24.1. The second kappa shape index (κ2) is 6.34. The molecule has 2 N–H and O–H groups in total. The molecular weight excluding hydrogens is 272 g/mol. The van der Waals surface area contributed by atoms with Crippen molar-refractivity contribution in [2.45, 2.75) is 19.9 Å². The van der Waals surface area contributed by atoms with Gasteiger partial charge in [0.05, 0.1) is 16.8 Å². The molecule has 0 saturated heterocycles. The Morgan fingerprint density at radius 2 is 1.85 bits per heavy atom. The molecule has 0 bridgehead atoms. The molecule has 1 heterocycles. The molecule has 2 aromatic rings. The van der Waals surface area contributed by atoms with Crippen LogP contribution in [-0.2, 0) is 0 Å². The summed E-state index contributed by atoms with van der Waals surface area (Å²) in [6.07, 6.45) is 0. The Morgan fingerprint density at radius 3 is 2.50 bits per heavy atom. The number of anilines is 1. The number of carbonyl (C=O) groups is 2. The molecule has 2 rings (SSSR count).